The van der Waals surface area contributed by atoms with Crippen LogP contribution in [0.3, 0.4) is 0 Å². The molecule has 2 rings (SSSR count). The van der Waals surface area contributed by atoms with E-state index in [0.717, 1.165) is 36.4 Å². The molecule has 1 saturated heterocycles. The SMILES string of the molecule is CN=C(NCCC(=O)N1CCCCC1C)NCc1ccc(OC)cc1OC. The van der Waals surface area contributed by atoms with Gasteiger partial charge in [-0.1, -0.05) is 0 Å². The van der Waals surface area contributed by atoms with E-state index in [1.165, 1.54) is 6.42 Å². The summed E-state index contributed by atoms with van der Waals surface area (Å²) in [4.78, 5) is 18.6. The number of benzene rings is 1. The summed E-state index contributed by atoms with van der Waals surface area (Å²) in [6, 6.07) is 6.06. The number of ether oxygens (including phenoxy) is 2. The van der Waals surface area contributed by atoms with Gasteiger partial charge in [-0.05, 0) is 38.3 Å². The summed E-state index contributed by atoms with van der Waals surface area (Å²) in [5.74, 6) is 2.38. The molecule has 0 aliphatic carbocycles. The molecule has 0 spiro atoms. The lowest BCUT2D eigenvalue weighted by Gasteiger charge is -2.33. The molecule has 7 nitrogen and oxygen atoms in total. The van der Waals surface area contributed by atoms with E-state index in [1.807, 2.05) is 23.1 Å². The van der Waals surface area contributed by atoms with E-state index in [2.05, 4.69) is 22.5 Å². The molecule has 1 aliphatic rings. The Morgan fingerprint density at radius 1 is 1.26 bits per heavy atom. The second-order valence-electron chi connectivity index (χ2n) is 6.71. The van der Waals surface area contributed by atoms with Crippen LogP contribution >= 0.6 is 0 Å². The first kappa shape index (κ1) is 20.9. The number of nitrogens with one attached hydrogen (secondary N) is 2. The number of rotatable bonds is 7. The van der Waals surface area contributed by atoms with Crippen LogP contribution in [0.5, 0.6) is 11.5 Å². The summed E-state index contributed by atoms with van der Waals surface area (Å²) >= 11 is 0. The average Bonchev–Trinajstić information content (AvgIpc) is 2.70. The van der Waals surface area contributed by atoms with E-state index in [4.69, 9.17) is 9.47 Å². The van der Waals surface area contributed by atoms with E-state index in [0.29, 0.717) is 31.5 Å². The highest BCUT2D eigenvalue weighted by molar-refractivity contribution is 5.81. The van der Waals surface area contributed by atoms with Crippen LogP contribution in [0.25, 0.3) is 0 Å². The zero-order valence-corrected chi connectivity index (χ0v) is 16.9. The van der Waals surface area contributed by atoms with Crippen molar-refractivity contribution in [1.82, 2.24) is 15.5 Å². The first-order chi connectivity index (χ1) is 13.1. The molecular formula is C20H32N4O3. The number of methoxy groups -OCH3 is 2. The Morgan fingerprint density at radius 3 is 2.74 bits per heavy atom. The van der Waals surface area contributed by atoms with Crippen LogP contribution in [0.2, 0.25) is 0 Å². The lowest BCUT2D eigenvalue weighted by Crippen LogP contribution is -2.44. The van der Waals surface area contributed by atoms with Crippen LogP contribution in [0.4, 0.5) is 0 Å². The molecule has 0 radical (unpaired) electrons. The smallest absolute Gasteiger partial charge is 0.224 e. The highest BCUT2D eigenvalue weighted by atomic mass is 16.5. The van der Waals surface area contributed by atoms with Gasteiger partial charge in [0.05, 0.1) is 14.2 Å². The summed E-state index contributed by atoms with van der Waals surface area (Å²) < 4.78 is 10.6. The molecule has 1 amide bonds. The molecule has 1 unspecified atom stereocenters. The Bertz CT molecular complexity index is 648. The van der Waals surface area contributed by atoms with E-state index in [9.17, 15) is 4.79 Å². The third-order valence-corrected chi connectivity index (χ3v) is 4.92. The average molecular weight is 377 g/mol. The molecule has 1 fully saturated rings. The number of guanidine groups is 1. The van der Waals surface area contributed by atoms with Gasteiger partial charge in [-0.2, -0.15) is 0 Å². The number of amides is 1. The third kappa shape index (κ3) is 6.05. The van der Waals surface area contributed by atoms with Crippen molar-refractivity contribution in [2.45, 2.75) is 45.2 Å². The van der Waals surface area contributed by atoms with Crippen molar-refractivity contribution in [3.05, 3.63) is 23.8 Å². The van der Waals surface area contributed by atoms with Crippen LogP contribution in [-0.2, 0) is 11.3 Å². The van der Waals surface area contributed by atoms with Crippen LogP contribution in [0.1, 0.15) is 38.2 Å². The fourth-order valence-corrected chi connectivity index (χ4v) is 3.30. The van der Waals surface area contributed by atoms with Crippen molar-refractivity contribution in [3.63, 3.8) is 0 Å². The highest BCUT2D eigenvalue weighted by Gasteiger charge is 2.22. The minimum absolute atomic E-state index is 0.210. The Labute approximate surface area is 162 Å². The zero-order chi connectivity index (χ0) is 19.6. The largest absolute Gasteiger partial charge is 0.497 e. The van der Waals surface area contributed by atoms with Crippen molar-refractivity contribution in [1.29, 1.82) is 0 Å². The number of carbonyl (C=O) groups is 1. The maximum atomic E-state index is 12.4. The summed E-state index contributed by atoms with van der Waals surface area (Å²) in [7, 11) is 4.98. The first-order valence-corrected chi connectivity index (χ1v) is 9.54. The summed E-state index contributed by atoms with van der Waals surface area (Å²) in [5, 5.41) is 6.46. The van der Waals surface area contributed by atoms with Crippen LogP contribution < -0.4 is 20.1 Å². The highest BCUT2D eigenvalue weighted by Crippen LogP contribution is 2.24. The van der Waals surface area contributed by atoms with Gasteiger partial charge in [0.2, 0.25) is 5.91 Å². The van der Waals surface area contributed by atoms with Gasteiger partial charge >= 0.3 is 0 Å². The Morgan fingerprint density at radius 2 is 2.07 bits per heavy atom. The Kier molecular flexibility index (Phi) is 8.23. The van der Waals surface area contributed by atoms with Crippen LogP contribution in [0.15, 0.2) is 23.2 Å². The standard InChI is InChI=1S/C20H32N4O3/c1-15-7-5-6-12-24(15)19(25)10-11-22-20(21-2)23-14-16-8-9-17(26-3)13-18(16)27-4/h8-9,13,15H,5-7,10-12,14H2,1-4H3,(H2,21,22,23). The van der Waals surface area contributed by atoms with Crippen molar-refractivity contribution < 1.29 is 14.3 Å². The second kappa shape index (κ2) is 10.6. The minimum Gasteiger partial charge on any atom is -0.497 e. The molecule has 0 aromatic heterocycles. The van der Waals surface area contributed by atoms with E-state index < -0.39 is 0 Å². The fraction of sp³-hybridized carbons (Fsp3) is 0.600. The monoisotopic (exact) mass is 376 g/mol. The Hall–Kier alpha value is -2.44. The Balaban J connectivity index is 1.80. The zero-order valence-electron chi connectivity index (χ0n) is 16.9. The number of hydrogen-bond donors (Lipinski definition) is 2. The van der Waals surface area contributed by atoms with E-state index in [-0.39, 0.29) is 5.91 Å². The molecular weight excluding hydrogens is 344 g/mol. The molecule has 1 aromatic rings. The number of aliphatic imine (C=N–C) groups is 1. The minimum atomic E-state index is 0.210. The molecule has 0 bridgehead atoms. The molecule has 1 aromatic carbocycles. The fourth-order valence-electron chi connectivity index (χ4n) is 3.30. The van der Waals surface area contributed by atoms with Gasteiger partial charge < -0.3 is 25.0 Å². The lowest BCUT2D eigenvalue weighted by molar-refractivity contribution is -0.134. The third-order valence-electron chi connectivity index (χ3n) is 4.92. The van der Waals surface area contributed by atoms with Gasteiger partial charge in [0.15, 0.2) is 5.96 Å². The van der Waals surface area contributed by atoms with Crippen LogP contribution in [-0.4, -0.2) is 57.2 Å². The van der Waals surface area contributed by atoms with Gasteiger partial charge in [-0.3, -0.25) is 9.79 Å². The first-order valence-electron chi connectivity index (χ1n) is 9.54. The number of piperidine rings is 1. The molecule has 1 atom stereocenters. The van der Waals surface area contributed by atoms with Gasteiger partial charge in [-0.15, -0.1) is 0 Å². The number of likely N-dealkylation sites (tertiary alicyclic amines) is 1. The summed E-state index contributed by atoms with van der Waals surface area (Å²) in [6.07, 6.45) is 3.90. The number of hydrogen-bond acceptors (Lipinski definition) is 4. The molecule has 2 N–H and O–H groups in total. The maximum absolute atomic E-state index is 12.4. The topological polar surface area (TPSA) is 75.2 Å². The predicted molar refractivity (Wildman–Crippen MR) is 107 cm³/mol. The molecule has 150 valence electrons. The lowest BCUT2D eigenvalue weighted by atomic mass is 10.0. The number of nitrogens with zero attached hydrogens (tertiary/aromatic N) is 2. The second-order valence-corrected chi connectivity index (χ2v) is 6.71. The summed E-state index contributed by atoms with van der Waals surface area (Å²) in [6.45, 7) is 4.13. The molecule has 7 heteroatoms. The van der Waals surface area contributed by atoms with E-state index >= 15 is 0 Å². The van der Waals surface area contributed by atoms with Crippen molar-refractivity contribution in [2.75, 3.05) is 34.4 Å². The van der Waals surface area contributed by atoms with Crippen molar-refractivity contribution in [2.24, 2.45) is 4.99 Å². The molecule has 27 heavy (non-hydrogen) atoms. The van der Waals surface area contributed by atoms with Crippen LogP contribution in [0, 0.1) is 0 Å². The quantitative estimate of drug-likeness (QED) is 0.563. The normalized spacial score (nSPS) is 17.4. The van der Waals surface area contributed by atoms with Gasteiger partial charge in [0, 0.05) is 50.8 Å². The molecule has 1 aliphatic heterocycles. The molecule has 1 heterocycles. The predicted octanol–water partition coefficient (Wildman–Crippen LogP) is 2.16. The van der Waals surface area contributed by atoms with Gasteiger partial charge in [0.25, 0.3) is 0 Å². The van der Waals surface area contributed by atoms with E-state index in [1.54, 1.807) is 21.3 Å². The van der Waals surface area contributed by atoms with Gasteiger partial charge in [0.1, 0.15) is 11.5 Å². The van der Waals surface area contributed by atoms with Gasteiger partial charge in [-0.25, -0.2) is 0 Å². The van der Waals surface area contributed by atoms with Crippen molar-refractivity contribution >= 4 is 11.9 Å². The maximum Gasteiger partial charge on any atom is 0.224 e. The molecule has 0 saturated carbocycles. The van der Waals surface area contributed by atoms with Crippen molar-refractivity contribution in [3.8, 4) is 11.5 Å². The number of carbonyl (C=O) groups excluding carboxylic acids is 1. The summed E-state index contributed by atoms with van der Waals surface area (Å²) in [5.41, 5.74) is 1.000.